The van der Waals surface area contributed by atoms with Gasteiger partial charge in [0.2, 0.25) is 0 Å². The van der Waals surface area contributed by atoms with Gasteiger partial charge in [0.1, 0.15) is 5.75 Å². The van der Waals surface area contributed by atoms with Crippen LogP contribution in [0.2, 0.25) is 0 Å². The number of pyridine rings is 1. The minimum Gasteiger partial charge on any atom is -0.496 e. The summed E-state index contributed by atoms with van der Waals surface area (Å²) in [6.07, 6.45) is 3.75. The fraction of sp³-hybridized carbons (Fsp3) is 0.160. The maximum absolute atomic E-state index is 12.8. The van der Waals surface area contributed by atoms with E-state index in [1.54, 1.807) is 36.5 Å². The van der Waals surface area contributed by atoms with Crippen LogP contribution in [0, 0.1) is 0 Å². The van der Waals surface area contributed by atoms with E-state index in [-0.39, 0.29) is 5.91 Å². The number of ether oxygens (including phenoxy) is 1. The van der Waals surface area contributed by atoms with E-state index in [0.29, 0.717) is 28.7 Å². The molecule has 7 heteroatoms. The van der Waals surface area contributed by atoms with Crippen molar-refractivity contribution < 1.29 is 19.2 Å². The van der Waals surface area contributed by atoms with Gasteiger partial charge in [0, 0.05) is 29.3 Å². The molecule has 160 valence electrons. The van der Waals surface area contributed by atoms with Crippen LogP contribution in [0.5, 0.6) is 11.5 Å². The first-order valence-corrected chi connectivity index (χ1v) is 10.4. The van der Waals surface area contributed by atoms with Crippen molar-refractivity contribution in [1.82, 2.24) is 15.8 Å². The van der Waals surface area contributed by atoms with Gasteiger partial charge in [-0.2, -0.15) is 5.48 Å². The van der Waals surface area contributed by atoms with E-state index < -0.39 is 5.91 Å². The Morgan fingerprint density at radius 1 is 0.938 bits per heavy atom. The van der Waals surface area contributed by atoms with Crippen molar-refractivity contribution in [1.29, 1.82) is 0 Å². The molecule has 0 saturated heterocycles. The molecule has 0 radical (unpaired) electrons. The monoisotopic (exact) mass is 427 g/mol. The van der Waals surface area contributed by atoms with E-state index in [0.717, 1.165) is 34.5 Å². The van der Waals surface area contributed by atoms with Crippen molar-refractivity contribution in [3.8, 4) is 11.5 Å². The van der Waals surface area contributed by atoms with E-state index in [2.05, 4.69) is 15.8 Å². The second kappa shape index (κ2) is 8.19. The van der Waals surface area contributed by atoms with Crippen LogP contribution in [0.15, 0.2) is 66.9 Å². The van der Waals surface area contributed by atoms with Crippen LogP contribution in [0.3, 0.4) is 0 Å². The van der Waals surface area contributed by atoms with Crippen LogP contribution in [0.4, 0.5) is 0 Å². The Kier molecular flexibility index (Phi) is 5.07. The average Bonchev–Trinajstić information content (AvgIpc) is 3.65. The number of benzene rings is 3. The number of nitrogens with zero attached hydrogens (tertiary/aromatic N) is 1. The molecule has 1 fully saturated rings. The zero-order valence-corrected chi connectivity index (χ0v) is 17.4. The maximum Gasteiger partial charge on any atom is 0.287 e. The number of fused-ring (bicyclic) bond motifs is 2. The lowest BCUT2D eigenvalue weighted by Crippen LogP contribution is -2.27. The van der Waals surface area contributed by atoms with Crippen LogP contribution in [-0.2, 0) is 0 Å². The summed E-state index contributed by atoms with van der Waals surface area (Å²) >= 11 is 0. The third-order valence-corrected chi connectivity index (χ3v) is 5.44. The Hall–Kier alpha value is -4.13. The second-order valence-electron chi connectivity index (χ2n) is 7.72. The van der Waals surface area contributed by atoms with Crippen molar-refractivity contribution in [2.75, 3.05) is 7.11 Å². The lowest BCUT2D eigenvalue weighted by Gasteiger charge is -2.12. The molecule has 0 bridgehead atoms. The molecule has 2 amide bonds. The van der Waals surface area contributed by atoms with Crippen molar-refractivity contribution in [3.05, 3.63) is 78.0 Å². The highest BCUT2D eigenvalue weighted by Gasteiger charge is 2.24. The smallest absolute Gasteiger partial charge is 0.287 e. The van der Waals surface area contributed by atoms with Gasteiger partial charge in [0.15, 0.2) is 5.75 Å². The molecule has 1 saturated carbocycles. The molecule has 0 unspecified atom stereocenters. The number of aromatic nitrogens is 1. The summed E-state index contributed by atoms with van der Waals surface area (Å²) in [6.45, 7) is 0. The highest BCUT2D eigenvalue weighted by atomic mass is 16.7. The van der Waals surface area contributed by atoms with E-state index in [1.807, 2.05) is 30.3 Å². The average molecular weight is 427 g/mol. The van der Waals surface area contributed by atoms with E-state index in [1.165, 1.54) is 7.11 Å². The van der Waals surface area contributed by atoms with Crippen molar-refractivity contribution in [3.63, 3.8) is 0 Å². The summed E-state index contributed by atoms with van der Waals surface area (Å²) in [7, 11) is 1.50. The van der Waals surface area contributed by atoms with E-state index >= 15 is 0 Å². The predicted octanol–water partition coefficient (Wildman–Crippen LogP) is 4.01. The number of hydrogen-bond donors (Lipinski definition) is 2. The largest absolute Gasteiger partial charge is 0.496 e. The van der Waals surface area contributed by atoms with Crippen molar-refractivity contribution in [2.24, 2.45) is 0 Å². The molecule has 7 nitrogen and oxygen atoms in total. The third-order valence-electron chi connectivity index (χ3n) is 5.44. The summed E-state index contributed by atoms with van der Waals surface area (Å²) in [5.74, 6) is 0.345. The van der Waals surface area contributed by atoms with Gasteiger partial charge in [-0.3, -0.25) is 14.6 Å². The molecule has 1 aliphatic carbocycles. The van der Waals surface area contributed by atoms with Gasteiger partial charge in [-0.05, 0) is 60.0 Å². The highest BCUT2D eigenvalue weighted by molar-refractivity contribution is 6.07. The maximum atomic E-state index is 12.8. The molecule has 2 N–H and O–H groups in total. The van der Waals surface area contributed by atoms with Crippen LogP contribution in [0.25, 0.3) is 21.7 Å². The van der Waals surface area contributed by atoms with Gasteiger partial charge in [-0.1, -0.05) is 18.2 Å². The third kappa shape index (κ3) is 3.92. The molecule has 1 heterocycles. The highest BCUT2D eigenvalue weighted by Crippen LogP contribution is 2.27. The number of carbonyl (C=O) groups excluding carboxylic acids is 2. The number of nitrogens with one attached hydrogen (secondary N) is 2. The number of methoxy groups -OCH3 is 1. The molecule has 3 aromatic carbocycles. The summed E-state index contributed by atoms with van der Waals surface area (Å²) in [6, 6.07) is 18.3. The SMILES string of the molecule is COc1cc2ncccc2cc1C(=O)NOc1ccc2c(C(=O)NC3CC3)cccc2c1. The lowest BCUT2D eigenvalue weighted by atomic mass is 10.0. The minimum absolute atomic E-state index is 0.0713. The normalized spacial score (nSPS) is 13.0. The lowest BCUT2D eigenvalue weighted by molar-refractivity contribution is 0.0757. The number of amides is 2. The molecule has 0 aliphatic heterocycles. The molecule has 4 aromatic rings. The first kappa shape index (κ1) is 19.8. The van der Waals surface area contributed by atoms with Crippen molar-refractivity contribution >= 4 is 33.5 Å². The fourth-order valence-corrected chi connectivity index (χ4v) is 3.62. The standard InChI is InChI=1S/C25H21N3O4/c1-31-23-14-22-16(5-3-11-26-22)13-21(23)25(30)28-32-18-9-10-19-15(12-18)4-2-6-20(19)24(29)27-17-7-8-17/h2-6,9-14,17H,7-8H2,1H3,(H,27,29)(H,28,30). The molecule has 1 aromatic heterocycles. The first-order valence-electron chi connectivity index (χ1n) is 10.4. The number of hydrogen-bond acceptors (Lipinski definition) is 5. The molecular weight excluding hydrogens is 406 g/mol. The van der Waals surface area contributed by atoms with E-state index in [4.69, 9.17) is 9.57 Å². The van der Waals surface area contributed by atoms with Gasteiger partial charge < -0.3 is 14.9 Å². The molecule has 0 atom stereocenters. The number of rotatable bonds is 6. The fourth-order valence-electron chi connectivity index (χ4n) is 3.62. The topological polar surface area (TPSA) is 89.6 Å². The summed E-state index contributed by atoms with van der Waals surface area (Å²) < 4.78 is 5.36. The van der Waals surface area contributed by atoms with Gasteiger partial charge in [-0.15, -0.1) is 0 Å². The molecule has 5 rings (SSSR count). The van der Waals surface area contributed by atoms with Crippen LogP contribution in [-0.4, -0.2) is 29.9 Å². The quantitative estimate of drug-likeness (QED) is 0.454. The predicted molar refractivity (Wildman–Crippen MR) is 121 cm³/mol. The molecule has 32 heavy (non-hydrogen) atoms. The van der Waals surface area contributed by atoms with E-state index in [9.17, 15) is 9.59 Å². The molecule has 1 aliphatic rings. The van der Waals surface area contributed by atoms with Gasteiger partial charge in [0.05, 0.1) is 18.2 Å². The molecular formula is C25H21N3O4. The number of hydroxylamine groups is 1. The van der Waals surface area contributed by atoms with Gasteiger partial charge in [0.25, 0.3) is 11.8 Å². The summed E-state index contributed by atoms with van der Waals surface area (Å²) in [4.78, 5) is 35.1. The summed E-state index contributed by atoms with van der Waals surface area (Å²) in [5, 5.41) is 5.50. The van der Waals surface area contributed by atoms with Crippen LogP contribution in [0.1, 0.15) is 33.6 Å². The van der Waals surface area contributed by atoms with Gasteiger partial charge in [-0.25, -0.2) is 0 Å². The zero-order chi connectivity index (χ0) is 22.1. The van der Waals surface area contributed by atoms with Crippen molar-refractivity contribution in [2.45, 2.75) is 18.9 Å². The Morgan fingerprint density at radius 3 is 2.59 bits per heavy atom. The van der Waals surface area contributed by atoms with Gasteiger partial charge >= 0.3 is 0 Å². The Balaban J connectivity index is 1.35. The Morgan fingerprint density at radius 2 is 1.78 bits per heavy atom. The zero-order valence-electron chi connectivity index (χ0n) is 17.4. The van der Waals surface area contributed by atoms with Crippen LogP contribution >= 0.6 is 0 Å². The minimum atomic E-state index is -0.440. The Bertz CT molecular complexity index is 1350. The Labute approximate surface area is 184 Å². The number of carbonyl (C=O) groups is 2. The summed E-state index contributed by atoms with van der Waals surface area (Å²) in [5.41, 5.74) is 4.17. The molecule has 0 spiro atoms. The first-order chi connectivity index (χ1) is 15.6. The van der Waals surface area contributed by atoms with Crippen LogP contribution < -0.4 is 20.4 Å². The second-order valence-corrected chi connectivity index (χ2v) is 7.72.